The van der Waals surface area contributed by atoms with E-state index in [-0.39, 0.29) is 10.2 Å². The van der Waals surface area contributed by atoms with Crippen molar-refractivity contribution in [1.82, 2.24) is 20.2 Å². The van der Waals surface area contributed by atoms with E-state index < -0.39 is 5.82 Å². The summed E-state index contributed by atoms with van der Waals surface area (Å²) in [6.45, 7) is 1.82. The van der Waals surface area contributed by atoms with E-state index >= 15 is 0 Å². The zero-order valence-corrected chi connectivity index (χ0v) is 13.0. The third-order valence-electron chi connectivity index (χ3n) is 2.83. The topological polar surface area (TPSA) is 64.7 Å². The lowest BCUT2D eigenvalue weighted by Crippen LogP contribution is -1.97. The van der Waals surface area contributed by atoms with Gasteiger partial charge in [0, 0.05) is 10.6 Å². The molecule has 0 amide bonds. The van der Waals surface area contributed by atoms with Crippen molar-refractivity contribution in [3.05, 3.63) is 47.1 Å². The van der Waals surface area contributed by atoms with Crippen molar-refractivity contribution in [2.24, 2.45) is 0 Å². The van der Waals surface area contributed by atoms with Gasteiger partial charge in [0.15, 0.2) is 5.82 Å². The first-order valence-corrected chi connectivity index (χ1v) is 7.63. The minimum atomic E-state index is -0.461. The summed E-state index contributed by atoms with van der Waals surface area (Å²) in [5.41, 5.74) is 1.05. The normalized spacial score (nSPS) is 10.9. The Labute approximate surface area is 135 Å². The van der Waals surface area contributed by atoms with E-state index in [2.05, 4.69) is 20.2 Å². The summed E-state index contributed by atoms with van der Waals surface area (Å²) in [6.07, 6.45) is 1.80. The number of aromatic nitrogens is 4. The molecule has 2 heterocycles. The van der Waals surface area contributed by atoms with E-state index in [1.807, 2.05) is 6.92 Å². The molecule has 0 aliphatic carbocycles. The molecular formula is C14H10ClFN4OS. The molecule has 3 rings (SSSR count). The maximum atomic E-state index is 14.1. The number of hydrogen-bond acceptors (Lipinski definition) is 6. The van der Waals surface area contributed by atoms with Crippen molar-refractivity contribution in [2.75, 3.05) is 0 Å². The lowest BCUT2D eigenvalue weighted by Gasteiger charge is -2.01. The molecule has 0 saturated heterocycles. The van der Waals surface area contributed by atoms with Gasteiger partial charge in [-0.3, -0.25) is 0 Å². The molecule has 0 bridgehead atoms. The van der Waals surface area contributed by atoms with Crippen LogP contribution in [0.5, 0.6) is 0 Å². The molecule has 0 aliphatic rings. The maximum absolute atomic E-state index is 14.1. The second-order valence-corrected chi connectivity index (χ2v) is 5.66. The second-order valence-electron chi connectivity index (χ2n) is 4.28. The van der Waals surface area contributed by atoms with Crippen molar-refractivity contribution in [2.45, 2.75) is 23.6 Å². The molecule has 0 atom stereocenters. The molecule has 5 nitrogen and oxygen atoms in total. The van der Waals surface area contributed by atoms with Crippen LogP contribution in [0.15, 0.2) is 45.3 Å². The highest BCUT2D eigenvalue weighted by Crippen LogP contribution is 2.30. The first kappa shape index (κ1) is 14.9. The summed E-state index contributed by atoms with van der Waals surface area (Å²) in [5.74, 6) is -0.146. The van der Waals surface area contributed by atoms with Gasteiger partial charge in [-0.15, -0.1) is 10.2 Å². The lowest BCUT2D eigenvalue weighted by atomic mass is 10.2. The Morgan fingerprint density at radius 1 is 1.27 bits per heavy atom. The molecule has 0 aliphatic heterocycles. The van der Waals surface area contributed by atoms with Gasteiger partial charge in [0.05, 0.1) is 5.69 Å². The van der Waals surface area contributed by atoms with E-state index in [0.717, 1.165) is 11.8 Å². The number of rotatable bonds is 4. The van der Waals surface area contributed by atoms with Gasteiger partial charge < -0.3 is 4.42 Å². The standard InChI is InChI=1S/C14H10ClFN4OS/c1-2-10-11(16)13(18-7-17-10)22-14-20-19-12(21-14)8-4-3-5-9(15)6-8/h3-7H,2H2,1H3. The number of benzene rings is 1. The van der Waals surface area contributed by atoms with Crippen LogP contribution in [-0.2, 0) is 6.42 Å². The molecule has 112 valence electrons. The first-order valence-electron chi connectivity index (χ1n) is 6.44. The fourth-order valence-electron chi connectivity index (χ4n) is 1.78. The Balaban J connectivity index is 1.86. The molecule has 0 unspecified atom stereocenters. The van der Waals surface area contributed by atoms with Gasteiger partial charge in [0.25, 0.3) is 5.22 Å². The molecule has 1 aromatic carbocycles. The summed E-state index contributed by atoms with van der Waals surface area (Å²) >= 11 is 6.89. The SMILES string of the molecule is CCc1ncnc(Sc2nnc(-c3cccc(Cl)c3)o2)c1F. The third kappa shape index (κ3) is 3.10. The van der Waals surface area contributed by atoms with Crippen molar-refractivity contribution in [3.63, 3.8) is 0 Å². The number of hydrogen-bond donors (Lipinski definition) is 0. The summed E-state index contributed by atoms with van der Waals surface area (Å²) in [7, 11) is 0. The van der Waals surface area contributed by atoms with Crippen LogP contribution in [0.2, 0.25) is 5.02 Å². The van der Waals surface area contributed by atoms with E-state index in [0.29, 0.717) is 28.6 Å². The largest absolute Gasteiger partial charge is 0.411 e. The van der Waals surface area contributed by atoms with Crippen LogP contribution >= 0.6 is 23.4 Å². The van der Waals surface area contributed by atoms with E-state index in [4.69, 9.17) is 16.0 Å². The Hall–Kier alpha value is -1.99. The van der Waals surface area contributed by atoms with Crippen LogP contribution in [0.25, 0.3) is 11.5 Å². The first-order chi connectivity index (χ1) is 10.7. The van der Waals surface area contributed by atoms with Crippen LogP contribution in [0, 0.1) is 5.82 Å². The van der Waals surface area contributed by atoms with Gasteiger partial charge >= 0.3 is 0 Å². The van der Waals surface area contributed by atoms with Gasteiger partial charge in [-0.25, -0.2) is 14.4 Å². The van der Waals surface area contributed by atoms with Crippen molar-refractivity contribution < 1.29 is 8.81 Å². The van der Waals surface area contributed by atoms with Crippen LogP contribution in [0.3, 0.4) is 0 Å². The van der Waals surface area contributed by atoms with Gasteiger partial charge in [-0.1, -0.05) is 24.6 Å². The van der Waals surface area contributed by atoms with Crippen LogP contribution in [-0.4, -0.2) is 20.2 Å². The predicted molar refractivity (Wildman–Crippen MR) is 80.2 cm³/mol. The highest BCUT2D eigenvalue weighted by Gasteiger charge is 2.16. The maximum Gasteiger partial charge on any atom is 0.283 e. The summed E-state index contributed by atoms with van der Waals surface area (Å²) in [6, 6.07) is 7.05. The second kappa shape index (κ2) is 6.41. The molecule has 3 aromatic rings. The Morgan fingerprint density at radius 2 is 2.14 bits per heavy atom. The Bertz CT molecular complexity index is 811. The average Bonchev–Trinajstić information content (AvgIpc) is 2.98. The molecular weight excluding hydrogens is 327 g/mol. The average molecular weight is 337 g/mol. The highest BCUT2D eigenvalue weighted by molar-refractivity contribution is 7.99. The van der Waals surface area contributed by atoms with Crippen molar-refractivity contribution in [1.29, 1.82) is 0 Å². The Kier molecular flexibility index (Phi) is 4.35. The summed E-state index contributed by atoms with van der Waals surface area (Å²) in [4.78, 5) is 7.79. The monoisotopic (exact) mass is 336 g/mol. The van der Waals surface area contributed by atoms with Gasteiger partial charge in [-0.2, -0.15) is 0 Å². The minimum Gasteiger partial charge on any atom is -0.411 e. The summed E-state index contributed by atoms with van der Waals surface area (Å²) in [5, 5.41) is 8.76. The van der Waals surface area contributed by atoms with Gasteiger partial charge in [0.1, 0.15) is 11.4 Å². The fraction of sp³-hybridized carbons (Fsp3) is 0.143. The number of halogens is 2. The molecule has 0 N–H and O–H groups in total. The zero-order chi connectivity index (χ0) is 15.5. The molecule has 0 fully saturated rings. The number of nitrogens with zero attached hydrogens (tertiary/aromatic N) is 4. The fourth-order valence-corrected chi connectivity index (χ4v) is 2.64. The van der Waals surface area contributed by atoms with E-state index in [9.17, 15) is 4.39 Å². The quantitative estimate of drug-likeness (QED) is 0.670. The summed E-state index contributed by atoms with van der Waals surface area (Å²) < 4.78 is 19.6. The van der Waals surface area contributed by atoms with Crippen LogP contribution in [0.1, 0.15) is 12.6 Å². The Morgan fingerprint density at radius 3 is 2.91 bits per heavy atom. The molecule has 0 saturated carbocycles. The third-order valence-corrected chi connectivity index (χ3v) is 3.88. The molecule has 8 heteroatoms. The van der Waals surface area contributed by atoms with E-state index in [1.54, 1.807) is 24.3 Å². The lowest BCUT2D eigenvalue weighted by molar-refractivity contribution is 0.464. The number of aryl methyl sites for hydroxylation is 1. The van der Waals surface area contributed by atoms with Gasteiger partial charge in [0.2, 0.25) is 5.89 Å². The van der Waals surface area contributed by atoms with Crippen molar-refractivity contribution in [3.8, 4) is 11.5 Å². The van der Waals surface area contributed by atoms with Crippen molar-refractivity contribution >= 4 is 23.4 Å². The molecule has 22 heavy (non-hydrogen) atoms. The molecule has 0 radical (unpaired) electrons. The zero-order valence-electron chi connectivity index (χ0n) is 11.5. The molecule has 0 spiro atoms. The highest BCUT2D eigenvalue weighted by atomic mass is 35.5. The molecule has 2 aromatic heterocycles. The van der Waals surface area contributed by atoms with Crippen LogP contribution < -0.4 is 0 Å². The van der Waals surface area contributed by atoms with Crippen LogP contribution in [0.4, 0.5) is 4.39 Å². The smallest absolute Gasteiger partial charge is 0.283 e. The van der Waals surface area contributed by atoms with E-state index in [1.165, 1.54) is 6.33 Å². The minimum absolute atomic E-state index is 0.160. The van der Waals surface area contributed by atoms with Gasteiger partial charge in [-0.05, 0) is 36.4 Å². The predicted octanol–water partition coefficient (Wildman–Crippen LogP) is 4.03.